The highest BCUT2D eigenvalue weighted by Crippen LogP contribution is 2.47. The van der Waals surface area contributed by atoms with Crippen LogP contribution >= 0.6 is 0 Å². The number of nitrogens with zero attached hydrogens (tertiary/aromatic N) is 1. The van der Waals surface area contributed by atoms with Gasteiger partial charge in [-0.3, -0.25) is 0 Å². The molecule has 1 aliphatic rings. The summed E-state index contributed by atoms with van der Waals surface area (Å²) in [5.74, 6) is 1.67. The number of aliphatic hydroxyl groups excluding tert-OH is 1. The maximum absolute atomic E-state index is 9.44. The van der Waals surface area contributed by atoms with Crippen molar-refractivity contribution >= 4 is 5.69 Å². The summed E-state index contributed by atoms with van der Waals surface area (Å²) in [5, 5.41) is 9.44. The summed E-state index contributed by atoms with van der Waals surface area (Å²) in [5.41, 5.74) is 2.14. The van der Waals surface area contributed by atoms with Crippen LogP contribution in [0.5, 0.6) is 11.5 Å². The molecule has 0 atom stereocenters. The number of aliphatic hydroxyl groups is 1. The molecule has 1 fully saturated rings. The van der Waals surface area contributed by atoms with E-state index < -0.39 is 0 Å². The first-order chi connectivity index (χ1) is 9.06. The highest BCUT2D eigenvalue weighted by atomic mass is 16.5. The molecular weight excluding hydrogens is 242 g/mol. The first-order valence-corrected chi connectivity index (χ1v) is 6.60. The molecule has 0 saturated heterocycles. The molecule has 1 aromatic rings. The minimum Gasteiger partial charge on any atom is -0.496 e. The molecule has 0 radical (unpaired) electrons. The predicted molar refractivity (Wildman–Crippen MR) is 76.3 cm³/mol. The van der Waals surface area contributed by atoms with Gasteiger partial charge in [0.2, 0.25) is 0 Å². The van der Waals surface area contributed by atoms with Crippen LogP contribution in [0.2, 0.25) is 0 Å². The summed E-state index contributed by atoms with van der Waals surface area (Å²) < 4.78 is 10.8. The lowest BCUT2D eigenvalue weighted by Gasteiger charge is -2.27. The van der Waals surface area contributed by atoms with Crippen molar-refractivity contribution in [3.8, 4) is 11.5 Å². The summed E-state index contributed by atoms with van der Waals surface area (Å²) in [4.78, 5) is 2.16. The molecule has 1 N–H and O–H groups in total. The Labute approximate surface area is 114 Å². The maximum Gasteiger partial charge on any atom is 0.148 e. The normalized spacial score (nSPS) is 16.1. The molecule has 2 rings (SSSR count). The monoisotopic (exact) mass is 265 g/mol. The van der Waals surface area contributed by atoms with Crippen LogP contribution in [-0.4, -0.2) is 39.5 Å². The highest BCUT2D eigenvalue weighted by Gasteiger charge is 2.43. The van der Waals surface area contributed by atoms with Gasteiger partial charge in [0.25, 0.3) is 0 Å². The predicted octanol–water partition coefficient (Wildman–Crippen LogP) is 2.22. The minimum atomic E-state index is 0.0909. The fourth-order valence-corrected chi connectivity index (χ4v) is 2.57. The molecule has 0 unspecified atom stereocenters. The second-order valence-corrected chi connectivity index (χ2v) is 5.46. The summed E-state index contributed by atoms with van der Waals surface area (Å²) in [6.07, 6.45) is 2.20. The average molecular weight is 265 g/mol. The fourth-order valence-electron chi connectivity index (χ4n) is 2.57. The van der Waals surface area contributed by atoms with Crippen LogP contribution < -0.4 is 14.4 Å². The van der Waals surface area contributed by atoms with Crippen LogP contribution in [0.4, 0.5) is 5.69 Å². The standard InChI is InChI=1S/C15H23NO3/c1-11-13(18-3)6-5-12(14(11)19-4)16(2)9-15(10-17)7-8-15/h5-6,17H,7-10H2,1-4H3. The van der Waals surface area contributed by atoms with Crippen molar-refractivity contribution in [1.29, 1.82) is 0 Å². The van der Waals surface area contributed by atoms with E-state index in [0.29, 0.717) is 0 Å². The Hall–Kier alpha value is -1.42. The van der Waals surface area contributed by atoms with E-state index in [1.807, 2.05) is 26.1 Å². The molecule has 1 aliphatic carbocycles. The Morgan fingerprint density at radius 3 is 2.42 bits per heavy atom. The van der Waals surface area contributed by atoms with Crippen LogP contribution in [0, 0.1) is 12.3 Å². The number of benzene rings is 1. The van der Waals surface area contributed by atoms with Gasteiger partial charge in [0.05, 0.1) is 26.5 Å². The van der Waals surface area contributed by atoms with Crippen molar-refractivity contribution in [2.24, 2.45) is 5.41 Å². The minimum absolute atomic E-state index is 0.0909. The fraction of sp³-hybridized carbons (Fsp3) is 0.600. The number of methoxy groups -OCH3 is 2. The van der Waals surface area contributed by atoms with Crippen molar-refractivity contribution in [2.75, 3.05) is 39.3 Å². The van der Waals surface area contributed by atoms with E-state index in [9.17, 15) is 5.11 Å². The van der Waals surface area contributed by atoms with Crippen LogP contribution in [0.25, 0.3) is 0 Å². The van der Waals surface area contributed by atoms with Crippen LogP contribution in [0.3, 0.4) is 0 Å². The van der Waals surface area contributed by atoms with Gasteiger partial charge in [-0.1, -0.05) is 0 Å². The largest absolute Gasteiger partial charge is 0.496 e. The zero-order valence-electron chi connectivity index (χ0n) is 12.2. The van der Waals surface area contributed by atoms with Gasteiger partial charge in [0.15, 0.2) is 0 Å². The van der Waals surface area contributed by atoms with Crippen molar-refractivity contribution in [2.45, 2.75) is 19.8 Å². The number of rotatable bonds is 6. The van der Waals surface area contributed by atoms with E-state index in [1.54, 1.807) is 14.2 Å². The van der Waals surface area contributed by atoms with Gasteiger partial charge in [-0.25, -0.2) is 0 Å². The summed E-state index contributed by atoms with van der Waals surface area (Å²) >= 11 is 0. The van der Waals surface area contributed by atoms with E-state index >= 15 is 0 Å². The third kappa shape index (κ3) is 2.63. The molecule has 0 aliphatic heterocycles. The molecular formula is C15H23NO3. The number of hydrogen-bond donors (Lipinski definition) is 1. The Balaban J connectivity index is 2.26. The van der Waals surface area contributed by atoms with E-state index in [4.69, 9.17) is 9.47 Å². The van der Waals surface area contributed by atoms with E-state index in [0.717, 1.165) is 42.1 Å². The quantitative estimate of drug-likeness (QED) is 0.856. The van der Waals surface area contributed by atoms with Gasteiger partial charge < -0.3 is 19.5 Å². The second kappa shape index (κ2) is 5.29. The van der Waals surface area contributed by atoms with Gasteiger partial charge in [0.1, 0.15) is 11.5 Å². The van der Waals surface area contributed by atoms with E-state index in [2.05, 4.69) is 4.90 Å². The smallest absolute Gasteiger partial charge is 0.148 e. The van der Waals surface area contributed by atoms with Crippen molar-refractivity contribution in [3.63, 3.8) is 0 Å². The Morgan fingerprint density at radius 2 is 1.95 bits per heavy atom. The molecule has 106 valence electrons. The Kier molecular flexibility index (Phi) is 3.90. The Bertz CT molecular complexity index is 455. The average Bonchev–Trinajstić information content (AvgIpc) is 3.18. The maximum atomic E-state index is 9.44. The van der Waals surface area contributed by atoms with Gasteiger partial charge in [-0.15, -0.1) is 0 Å². The summed E-state index contributed by atoms with van der Waals surface area (Å²) in [6, 6.07) is 3.97. The molecule has 1 aromatic carbocycles. The molecule has 0 amide bonds. The Morgan fingerprint density at radius 1 is 1.26 bits per heavy atom. The van der Waals surface area contributed by atoms with Gasteiger partial charge >= 0.3 is 0 Å². The molecule has 0 aromatic heterocycles. The first-order valence-electron chi connectivity index (χ1n) is 6.60. The van der Waals surface area contributed by atoms with Crippen molar-refractivity contribution in [3.05, 3.63) is 17.7 Å². The lowest BCUT2D eigenvalue weighted by Crippen LogP contribution is -2.29. The molecule has 4 heteroatoms. The molecule has 1 saturated carbocycles. The zero-order chi connectivity index (χ0) is 14.0. The molecule has 19 heavy (non-hydrogen) atoms. The SMILES string of the molecule is COc1ccc(N(C)CC2(CO)CC2)c(OC)c1C. The number of ether oxygens (including phenoxy) is 2. The molecule has 4 nitrogen and oxygen atoms in total. The number of anilines is 1. The summed E-state index contributed by atoms with van der Waals surface area (Å²) in [7, 11) is 5.38. The lowest BCUT2D eigenvalue weighted by atomic mass is 10.1. The third-order valence-electron chi connectivity index (χ3n) is 4.04. The van der Waals surface area contributed by atoms with Crippen molar-refractivity contribution < 1.29 is 14.6 Å². The lowest BCUT2D eigenvalue weighted by molar-refractivity contribution is 0.215. The molecule has 0 heterocycles. The second-order valence-electron chi connectivity index (χ2n) is 5.46. The van der Waals surface area contributed by atoms with Crippen LogP contribution in [0.15, 0.2) is 12.1 Å². The van der Waals surface area contributed by atoms with Crippen LogP contribution in [0.1, 0.15) is 18.4 Å². The topological polar surface area (TPSA) is 41.9 Å². The highest BCUT2D eigenvalue weighted by molar-refractivity contribution is 5.65. The van der Waals surface area contributed by atoms with Gasteiger partial charge in [-0.2, -0.15) is 0 Å². The molecule has 0 spiro atoms. The third-order valence-corrected chi connectivity index (χ3v) is 4.04. The van der Waals surface area contributed by atoms with Gasteiger partial charge in [-0.05, 0) is 31.9 Å². The van der Waals surface area contributed by atoms with Crippen molar-refractivity contribution in [1.82, 2.24) is 0 Å². The zero-order valence-corrected chi connectivity index (χ0v) is 12.2. The van der Waals surface area contributed by atoms with Gasteiger partial charge in [0, 0.05) is 24.6 Å². The first kappa shape index (κ1) is 14.0. The van der Waals surface area contributed by atoms with E-state index in [-0.39, 0.29) is 12.0 Å². The number of hydrogen-bond acceptors (Lipinski definition) is 4. The molecule has 0 bridgehead atoms. The summed E-state index contributed by atoms with van der Waals surface area (Å²) in [6.45, 7) is 3.11. The van der Waals surface area contributed by atoms with E-state index in [1.165, 1.54) is 0 Å². The van der Waals surface area contributed by atoms with Crippen LogP contribution in [-0.2, 0) is 0 Å².